The van der Waals surface area contributed by atoms with Crippen LogP contribution in [-0.2, 0) is 9.47 Å². The van der Waals surface area contributed by atoms with Crippen molar-refractivity contribution in [1.82, 2.24) is 4.90 Å². The molecule has 2 N–H and O–H groups in total. The minimum Gasteiger partial charge on any atom is -0.444 e. The Hall–Kier alpha value is -0.810. The lowest BCUT2D eigenvalue weighted by Crippen LogP contribution is -2.52. The summed E-state index contributed by atoms with van der Waals surface area (Å²) in [5.74, 6) is 0.314. The minimum atomic E-state index is -0.483. The highest BCUT2D eigenvalue weighted by atomic mass is 16.6. The maximum absolute atomic E-state index is 12.0. The summed E-state index contributed by atoms with van der Waals surface area (Å²) in [6.45, 7) is 9.05. The maximum atomic E-state index is 12.0. The summed E-state index contributed by atoms with van der Waals surface area (Å²) in [5.41, 5.74) is 5.78. The zero-order valence-electron chi connectivity index (χ0n) is 12.8. The lowest BCUT2D eigenvalue weighted by molar-refractivity contribution is 0.00773. The molecule has 1 aliphatic heterocycles. The number of hydrogen-bond donors (Lipinski definition) is 1. The van der Waals surface area contributed by atoms with Crippen LogP contribution in [0.15, 0.2) is 0 Å². The summed E-state index contributed by atoms with van der Waals surface area (Å²) in [4.78, 5) is 13.6. The number of hydrogen-bond acceptors (Lipinski definition) is 4. The molecule has 1 rings (SSSR count). The van der Waals surface area contributed by atoms with E-state index in [4.69, 9.17) is 15.2 Å². The largest absolute Gasteiger partial charge is 0.444 e. The van der Waals surface area contributed by atoms with Crippen LogP contribution in [0.2, 0.25) is 0 Å². The standard InChI is InChI=1S/C14H28N2O3/c1-10(12(15)11-7-6-8-18-9-11)16(5)13(17)19-14(2,3)4/h10-12H,6-9,15H2,1-5H3/t10-,11-,12?/m0/s1. The van der Waals surface area contributed by atoms with Crippen molar-refractivity contribution < 1.29 is 14.3 Å². The Bertz CT molecular complexity index is 296. The number of carbonyl (C=O) groups is 1. The topological polar surface area (TPSA) is 64.8 Å². The van der Waals surface area contributed by atoms with E-state index in [9.17, 15) is 4.79 Å². The van der Waals surface area contributed by atoms with Gasteiger partial charge in [-0.2, -0.15) is 0 Å². The van der Waals surface area contributed by atoms with Crippen LogP contribution in [-0.4, -0.2) is 48.9 Å². The van der Waals surface area contributed by atoms with Crippen LogP contribution < -0.4 is 5.73 Å². The lowest BCUT2D eigenvalue weighted by Gasteiger charge is -2.36. The fourth-order valence-corrected chi connectivity index (χ4v) is 2.22. The second-order valence-corrected chi connectivity index (χ2v) is 6.39. The number of nitrogens with two attached hydrogens (primary N) is 1. The van der Waals surface area contributed by atoms with Gasteiger partial charge in [0.1, 0.15) is 5.60 Å². The second kappa shape index (κ2) is 6.57. The molecule has 0 aromatic rings. The molecule has 1 heterocycles. The lowest BCUT2D eigenvalue weighted by atomic mass is 9.89. The number of rotatable bonds is 3. The average Bonchev–Trinajstić information content (AvgIpc) is 2.35. The van der Waals surface area contributed by atoms with Crippen LogP contribution in [0.1, 0.15) is 40.5 Å². The van der Waals surface area contributed by atoms with Crippen LogP contribution >= 0.6 is 0 Å². The first-order chi connectivity index (χ1) is 8.72. The quantitative estimate of drug-likeness (QED) is 0.853. The van der Waals surface area contributed by atoms with Crippen molar-refractivity contribution in [3.63, 3.8) is 0 Å². The van der Waals surface area contributed by atoms with Crippen molar-refractivity contribution in [1.29, 1.82) is 0 Å². The molecule has 112 valence electrons. The third kappa shape index (κ3) is 4.99. The Balaban J connectivity index is 2.54. The molecule has 0 aliphatic carbocycles. The molecule has 0 radical (unpaired) electrons. The molecule has 1 amide bonds. The summed E-state index contributed by atoms with van der Waals surface area (Å²) >= 11 is 0. The van der Waals surface area contributed by atoms with E-state index < -0.39 is 5.60 Å². The number of amides is 1. The molecule has 0 saturated carbocycles. The average molecular weight is 272 g/mol. The van der Waals surface area contributed by atoms with Crippen LogP contribution in [0.3, 0.4) is 0 Å². The van der Waals surface area contributed by atoms with Crippen molar-refractivity contribution in [3.8, 4) is 0 Å². The highest BCUT2D eigenvalue weighted by Crippen LogP contribution is 2.21. The Morgan fingerprint density at radius 3 is 2.58 bits per heavy atom. The third-order valence-corrected chi connectivity index (χ3v) is 3.59. The van der Waals surface area contributed by atoms with Gasteiger partial charge < -0.3 is 20.1 Å². The van der Waals surface area contributed by atoms with Crippen molar-refractivity contribution in [3.05, 3.63) is 0 Å². The summed E-state index contributed by atoms with van der Waals surface area (Å²) in [6.07, 6.45) is 1.78. The highest BCUT2D eigenvalue weighted by molar-refractivity contribution is 5.68. The highest BCUT2D eigenvalue weighted by Gasteiger charge is 2.31. The Morgan fingerprint density at radius 1 is 1.47 bits per heavy atom. The van der Waals surface area contributed by atoms with Gasteiger partial charge in [0.25, 0.3) is 0 Å². The fourth-order valence-electron chi connectivity index (χ4n) is 2.22. The number of carbonyl (C=O) groups excluding carboxylic acids is 1. The predicted molar refractivity (Wildman–Crippen MR) is 75.0 cm³/mol. The first-order valence-electron chi connectivity index (χ1n) is 7.01. The smallest absolute Gasteiger partial charge is 0.410 e. The van der Waals surface area contributed by atoms with Gasteiger partial charge in [-0.25, -0.2) is 4.79 Å². The van der Waals surface area contributed by atoms with E-state index in [-0.39, 0.29) is 18.2 Å². The molecule has 0 aromatic heterocycles. The van der Waals surface area contributed by atoms with Crippen LogP contribution in [0.25, 0.3) is 0 Å². The van der Waals surface area contributed by atoms with E-state index in [2.05, 4.69) is 0 Å². The van der Waals surface area contributed by atoms with Gasteiger partial charge >= 0.3 is 6.09 Å². The fraction of sp³-hybridized carbons (Fsp3) is 0.929. The molecule has 19 heavy (non-hydrogen) atoms. The normalized spacial score (nSPS) is 23.6. The molecule has 1 saturated heterocycles. The van der Waals surface area contributed by atoms with E-state index in [1.807, 2.05) is 27.7 Å². The molecular weight excluding hydrogens is 244 g/mol. The third-order valence-electron chi connectivity index (χ3n) is 3.59. The molecule has 1 fully saturated rings. The van der Waals surface area contributed by atoms with Crippen molar-refractivity contribution in [2.45, 2.75) is 58.2 Å². The van der Waals surface area contributed by atoms with E-state index in [0.717, 1.165) is 19.4 Å². The summed E-state index contributed by atoms with van der Waals surface area (Å²) in [5, 5.41) is 0. The SMILES string of the molecule is C[C@@H](C(N)[C@H]1CCCOC1)N(C)C(=O)OC(C)(C)C. The Labute approximate surface area is 116 Å². The van der Waals surface area contributed by atoms with E-state index in [0.29, 0.717) is 12.5 Å². The molecule has 1 aliphatic rings. The van der Waals surface area contributed by atoms with Gasteiger partial charge in [-0.1, -0.05) is 0 Å². The monoisotopic (exact) mass is 272 g/mol. The van der Waals surface area contributed by atoms with Crippen LogP contribution in [0.5, 0.6) is 0 Å². The summed E-state index contributed by atoms with van der Waals surface area (Å²) < 4.78 is 10.8. The first kappa shape index (κ1) is 16.2. The van der Waals surface area contributed by atoms with Gasteiger partial charge in [0.05, 0.1) is 6.61 Å². The number of likely N-dealkylation sites (N-methyl/N-ethyl adjacent to an activating group) is 1. The Kier molecular flexibility index (Phi) is 5.62. The van der Waals surface area contributed by atoms with Crippen molar-refractivity contribution in [2.75, 3.05) is 20.3 Å². The zero-order chi connectivity index (χ0) is 14.6. The molecule has 5 heteroatoms. The minimum absolute atomic E-state index is 0.0680. The zero-order valence-corrected chi connectivity index (χ0v) is 12.8. The maximum Gasteiger partial charge on any atom is 0.410 e. The predicted octanol–water partition coefficient (Wildman–Crippen LogP) is 2.00. The van der Waals surface area contributed by atoms with Crippen LogP contribution in [0.4, 0.5) is 4.79 Å². The molecular formula is C14H28N2O3. The number of nitrogens with zero attached hydrogens (tertiary/aromatic N) is 1. The molecule has 3 atom stereocenters. The van der Waals surface area contributed by atoms with Crippen LogP contribution in [0, 0.1) is 5.92 Å². The summed E-state index contributed by atoms with van der Waals surface area (Å²) in [7, 11) is 1.74. The number of ether oxygens (including phenoxy) is 2. The first-order valence-corrected chi connectivity index (χ1v) is 7.01. The van der Waals surface area contributed by atoms with E-state index in [1.165, 1.54) is 0 Å². The second-order valence-electron chi connectivity index (χ2n) is 6.39. The molecule has 0 bridgehead atoms. The Morgan fingerprint density at radius 2 is 2.11 bits per heavy atom. The van der Waals surface area contributed by atoms with E-state index in [1.54, 1.807) is 11.9 Å². The molecule has 5 nitrogen and oxygen atoms in total. The summed E-state index contributed by atoms with van der Waals surface area (Å²) in [6, 6.07) is -0.153. The van der Waals surface area contributed by atoms with Gasteiger partial charge in [-0.15, -0.1) is 0 Å². The van der Waals surface area contributed by atoms with Gasteiger partial charge in [0, 0.05) is 25.7 Å². The molecule has 1 unspecified atom stereocenters. The van der Waals surface area contributed by atoms with Gasteiger partial charge in [0.15, 0.2) is 0 Å². The van der Waals surface area contributed by atoms with Gasteiger partial charge in [-0.05, 0) is 46.5 Å². The van der Waals surface area contributed by atoms with Gasteiger partial charge in [0.2, 0.25) is 0 Å². The van der Waals surface area contributed by atoms with Gasteiger partial charge in [-0.3, -0.25) is 0 Å². The molecule has 0 aromatic carbocycles. The van der Waals surface area contributed by atoms with Crippen molar-refractivity contribution in [2.24, 2.45) is 11.7 Å². The van der Waals surface area contributed by atoms with E-state index >= 15 is 0 Å². The van der Waals surface area contributed by atoms with Crippen molar-refractivity contribution >= 4 is 6.09 Å². The molecule has 0 spiro atoms.